The van der Waals surface area contributed by atoms with E-state index in [-0.39, 0.29) is 13.2 Å². The Morgan fingerprint density at radius 2 is 2.36 bits per heavy atom. The summed E-state index contributed by atoms with van der Waals surface area (Å²) in [6.07, 6.45) is 0.765. The summed E-state index contributed by atoms with van der Waals surface area (Å²) in [6, 6.07) is 0. The maximum Gasteiger partial charge on any atom is 0.221 e. The quantitative estimate of drug-likeness (QED) is 0.592. The number of nitrogens with zero attached hydrogens (tertiary/aromatic N) is 3. The SMILES string of the molecule is OCCC1CNc2nc(CO)nn2C1. The lowest BCUT2D eigenvalue weighted by Crippen LogP contribution is -2.28. The molecule has 1 aromatic heterocycles. The monoisotopic (exact) mass is 198 g/mol. The summed E-state index contributed by atoms with van der Waals surface area (Å²) in [5, 5.41) is 24.9. The summed E-state index contributed by atoms with van der Waals surface area (Å²) in [7, 11) is 0. The molecule has 0 amide bonds. The molecule has 0 spiro atoms. The predicted octanol–water partition coefficient (Wildman–Crippen LogP) is -0.806. The van der Waals surface area contributed by atoms with Crippen LogP contribution in [-0.2, 0) is 13.2 Å². The van der Waals surface area contributed by atoms with E-state index in [0.29, 0.717) is 17.7 Å². The maximum atomic E-state index is 8.85. The molecule has 78 valence electrons. The molecule has 0 aliphatic carbocycles. The largest absolute Gasteiger partial charge is 0.396 e. The Kier molecular flexibility index (Phi) is 2.64. The van der Waals surface area contributed by atoms with Gasteiger partial charge < -0.3 is 15.5 Å². The molecule has 1 aliphatic rings. The first-order valence-electron chi connectivity index (χ1n) is 4.72. The van der Waals surface area contributed by atoms with E-state index in [9.17, 15) is 0 Å². The second-order valence-electron chi connectivity index (χ2n) is 3.45. The normalized spacial score (nSPS) is 20.3. The van der Waals surface area contributed by atoms with Crippen LogP contribution in [0.5, 0.6) is 0 Å². The molecule has 0 saturated carbocycles. The minimum Gasteiger partial charge on any atom is -0.396 e. The van der Waals surface area contributed by atoms with E-state index in [1.54, 1.807) is 4.68 Å². The maximum absolute atomic E-state index is 8.85. The minimum absolute atomic E-state index is 0.133. The van der Waals surface area contributed by atoms with Gasteiger partial charge in [-0.15, -0.1) is 0 Å². The molecule has 1 aliphatic heterocycles. The van der Waals surface area contributed by atoms with Gasteiger partial charge in [-0.25, -0.2) is 4.68 Å². The van der Waals surface area contributed by atoms with E-state index in [2.05, 4.69) is 15.4 Å². The summed E-state index contributed by atoms with van der Waals surface area (Å²) in [6.45, 7) is 1.63. The van der Waals surface area contributed by atoms with Gasteiger partial charge in [-0.05, 0) is 12.3 Å². The van der Waals surface area contributed by atoms with Crippen LogP contribution in [0.2, 0.25) is 0 Å². The number of aliphatic hydroxyl groups is 2. The Morgan fingerprint density at radius 1 is 1.50 bits per heavy atom. The van der Waals surface area contributed by atoms with Gasteiger partial charge in [0.05, 0.1) is 0 Å². The summed E-state index contributed by atoms with van der Waals surface area (Å²) < 4.78 is 1.75. The fourth-order valence-electron chi connectivity index (χ4n) is 1.63. The number of hydrogen-bond acceptors (Lipinski definition) is 5. The van der Waals surface area contributed by atoms with Crippen molar-refractivity contribution in [2.75, 3.05) is 18.5 Å². The summed E-state index contributed by atoms with van der Waals surface area (Å²) in [5.41, 5.74) is 0. The van der Waals surface area contributed by atoms with Gasteiger partial charge >= 0.3 is 0 Å². The van der Waals surface area contributed by atoms with Crippen LogP contribution in [0.1, 0.15) is 12.2 Å². The second kappa shape index (κ2) is 3.93. The molecule has 6 nitrogen and oxygen atoms in total. The lowest BCUT2D eigenvalue weighted by atomic mass is 10.1. The van der Waals surface area contributed by atoms with Gasteiger partial charge in [0, 0.05) is 19.7 Å². The zero-order valence-corrected chi connectivity index (χ0v) is 7.85. The highest BCUT2D eigenvalue weighted by molar-refractivity contribution is 5.27. The molecule has 1 atom stereocenters. The third kappa shape index (κ3) is 1.71. The second-order valence-corrected chi connectivity index (χ2v) is 3.45. The first-order valence-corrected chi connectivity index (χ1v) is 4.72. The standard InChI is InChI=1S/C8H14N4O2/c13-2-1-6-3-9-8-10-7(5-14)11-12(8)4-6/h6,13-14H,1-5H2,(H,9,10,11). The Hall–Kier alpha value is -1.14. The zero-order valence-electron chi connectivity index (χ0n) is 7.85. The zero-order chi connectivity index (χ0) is 9.97. The number of nitrogens with one attached hydrogen (secondary N) is 1. The molecule has 0 fully saturated rings. The van der Waals surface area contributed by atoms with Crippen molar-refractivity contribution < 1.29 is 10.2 Å². The average molecular weight is 198 g/mol. The van der Waals surface area contributed by atoms with Crippen LogP contribution in [-0.4, -0.2) is 38.1 Å². The van der Waals surface area contributed by atoms with Gasteiger partial charge in [-0.1, -0.05) is 0 Å². The predicted molar refractivity (Wildman–Crippen MR) is 49.6 cm³/mol. The van der Waals surface area contributed by atoms with Crippen LogP contribution in [0.15, 0.2) is 0 Å². The number of fused-ring (bicyclic) bond motifs is 1. The highest BCUT2D eigenvalue weighted by Gasteiger charge is 2.20. The molecule has 3 N–H and O–H groups in total. The molecule has 1 unspecified atom stereocenters. The molecule has 0 bridgehead atoms. The number of aliphatic hydroxyl groups excluding tert-OH is 2. The molecule has 2 heterocycles. The average Bonchev–Trinajstić information content (AvgIpc) is 2.60. The number of hydrogen-bond donors (Lipinski definition) is 3. The number of rotatable bonds is 3. The van der Waals surface area contributed by atoms with Crippen molar-refractivity contribution >= 4 is 5.95 Å². The van der Waals surface area contributed by atoms with Crippen molar-refractivity contribution in [3.05, 3.63) is 5.82 Å². The molecular formula is C8H14N4O2. The van der Waals surface area contributed by atoms with E-state index < -0.39 is 0 Å². The highest BCUT2D eigenvalue weighted by Crippen LogP contribution is 2.17. The van der Waals surface area contributed by atoms with Crippen LogP contribution in [0.4, 0.5) is 5.95 Å². The summed E-state index contributed by atoms with van der Waals surface area (Å²) >= 11 is 0. The van der Waals surface area contributed by atoms with Crippen molar-refractivity contribution in [3.63, 3.8) is 0 Å². The molecule has 0 saturated heterocycles. The van der Waals surface area contributed by atoms with E-state index in [1.165, 1.54) is 0 Å². The van der Waals surface area contributed by atoms with Crippen LogP contribution < -0.4 is 5.32 Å². The van der Waals surface area contributed by atoms with Crippen molar-refractivity contribution in [3.8, 4) is 0 Å². The van der Waals surface area contributed by atoms with Crippen LogP contribution in [0.25, 0.3) is 0 Å². The molecule has 1 aromatic rings. The summed E-state index contributed by atoms with van der Waals surface area (Å²) in [4.78, 5) is 4.09. The van der Waals surface area contributed by atoms with Gasteiger partial charge in [0.1, 0.15) is 6.61 Å². The lowest BCUT2D eigenvalue weighted by Gasteiger charge is -2.22. The molecule has 0 aromatic carbocycles. The Balaban J connectivity index is 2.09. The third-order valence-electron chi connectivity index (χ3n) is 2.37. The smallest absolute Gasteiger partial charge is 0.221 e. The van der Waals surface area contributed by atoms with E-state index >= 15 is 0 Å². The van der Waals surface area contributed by atoms with E-state index in [4.69, 9.17) is 10.2 Å². The fraction of sp³-hybridized carbons (Fsp3) is 0.750. The van der Waals surface area contributed by atoms with Gasteiger partial charge in [-0.2, -0.15) is 10.1 Å². The Bertz CT molecular complexity index is 312. The van der Waals surface area contributed by atoms with Gasteiger partial charge in [0.2, 0.25) is 5.95 Å². The van der Waals surface area contributed by atoms with Gasteiger partial charge in [-0.3, -0.25) is 0 Å². The summed E-state index contributed by atoms with van der Waals surface area (Å²) in [5.74, 6) is 1.54. The molecular weight excluding hydrogens is 184 g/mol. The number of aromatic nitrogens is 3. The third-order valence-corrected chi connectivity index (χ3v) is 2.37. The molecule has 6 heteroatoms. The van der Waals surface area contributed by atoms with Crippen molar-refractivity contribution in [2.45, 2.75) is 19.6 Å². The number of anilines is 1. The molecule has 14 heavy (non-hydrogen) atoms. The Morgan fingerprint density at radius 3 is 3.07 bits per heavy atom. The van der Waals surface area contributed by atoms with Crippen LogP contribution in [0.3, 0.4) is 0 Å². The van der Waals surface area contributed by atoms with Crippen LogP contribution in [0, 0.1) is 5.92 Å². The Labute approximate surface area is 81.6 Å². The highest BCUT2D eigenvalue weighted by atomic mass is 16.3. The fourth-order valence-corrected chi connectivity index (χ4v) is 1.63. The molecule has 0 radical (unpaired) electrons. The van der Waals surface area contributed by atoms with Crippen molar-refractivity contribution in [2.24, 2.45) is 5.92 Å². The minimum atomic E-state index is -0.133. The van der Waals surface area contributed by atoms with Gasteiger partial charge in [0.15, 0.2) is 5.82 Å². The van der Waals surface area contributed by atoms with Crippen molar-refractivity contribution in [1.29, 1.82) is 0 Å². The molecule has 2 rings (SSSR count). The first kappa shape index (κ1) is 9.42. The van der Waals surface area contributed by atoms with E-state index in [0.717, 1.165) is 19.5 Å². The lowest BCUT2D eigenvalue weighted by molar-refractivity contribution is 0.242. The first-order chi connectivity index (χ1) is 6.83. The van der Waals surface area contributed by atoms with Crippen LogP contribution >= 0.6 is 0 Å². The van der Waals surface area contributed by atoms with Gasteiger partial charge in [0.25, 0.3) is 0 Å². The topological polar surface area (TPSA) is 83.2 Å². The van der Waals surface area contributed by atoms with E-state index in [1.807, 2.05) is 0 Å². The van der Waals surface area contributed by atoms with Crippen molar-refractivity contribution in [1.82, 2.24) is 14.8 Å².